The van der Waals surface area contributed by atoms with Gasteiger partial charge in [-0.05, 0) is 49.7 Å². The highest BCUT2D eigenvalue weighted by Gasteiger charge is 2.21. The number of ether oxygens (including phenoxy) is 2. The van der Waals surface area contributed by atoms with Crippen LogP contribution in [0.1, 0.15) is 37.8 Å². The summed E-state index contributed by atoms with van der Waals surface area (Å²) in [6, 6.07) is 15.2. The van der Waals surface area contributed by atoms with Gasteiger partial charge < -0.3 is 25.0 Å². The molecule has 0 amide bonds. The monoisotopic (exact) mass is 585 g/mol. The number of rotatable bonds is 10. The van der Waals surface area contributed by atoms with Gasteiger partial charge in [-0.15, -0.1) is 37.2 Å². The molecule has 1 heterocycles. The van der Waals surface area contributed by atoms with Gasteiger partial charge in [-0.1, -0.05) is 30.4 Å². The van der Waals surface area contributed by atoms with Crippen LogP contribution in [0.2, 0.25) is 0 Å². The van der Waals surface area contributed by atoms with E-state index in [-0.39, 0.29) is 61.7 Å². The molecular formula is C27H38Cl3N5O3. The molecule has 11 heteroatoms. The molecule has 1 aliphatic rings. The van der Waals surface area contributed by atoms with Crippen LogP contribution in [0, 0.1) is 10.8 Å². The Labute approximate surface area is 243 Å². The normalized spacial score (nSPS) is 12.9. The summed E-state index contributed by atoms with van der Waals surface area (Å²) >= 11 is 0. The van der Waals surface area contributed by atoms with Gasteiger partial charge in [0, 0.05) is 43.7 Å². The van der Waals surface area contributed by atoms with E-state index in [0.717, 1.165) is 42.9 Å². The Morgan fingerprint density at radius 1 is 1.11 bits per heavy atom. The van der Waals surface area contributed by atoms with Crippen molar-refractivity contribution in [3.05, 3.63) is 65.7 Å². The number of esters is 1. The number of hydrogen-bond donors (Lipinski definition) is 3. The molecular weight excluding hydrogens is 549 g/mol. The Bertz CT molecular complexity index is 1060. The summed E-state index contributed by atoms with van der Waals surface area (Å²) in [5.41, 5.74) is 8.08. The van der Waals surface area contributed by atoms with E-state index in [4.69, 9.17) is 26.0 Å². The lowest BCUT2D eigenvalue weighted by Crippen LogP contribution is -2.40. The highest BCUT2D eigenvalue weighted by atomic mass is 35.5. The van der Waals surface area contributed by atoms with Gasteiger partial charge in [0.15, 0.2) is 0 Å². The molecule has 38 heavy (non-hydrogen) atoms. The molecule has 4 N–H and O–H groups in total. The van der Waals surface area contributed by atoms with Gasteiger partial charge in [0.1, 0.15) is 24.2 Å². The fraction of sp³-hybridized carbons (Fsp3) is 0.370. The number of nitrogens with two attached hydrogens (primary N) is 1. The number of likely N-dealkylation sites (tertiary alicyclic amines) is 1. The number of nitrogen functional groups attached to an aromatic ring is 1. The summed E-state index contributed by atoms with van der Waals surface area (Å²) in [6.45, 7) is 6.27. The van der Waals surface area contributed by atoms with Gasteiger partial charge in [0.2, 0.25) is 0 Å². The third-order valence-corrected chi connectivity index (χ3v) is 5.88. The second-order valence-corrected chi connectivity index (χ2v) is 8.51. The molecule has 2 aromatic rings. The molecule has 0 radical (unpaired) electrons. The number of carbonyl (C=O) groups excluding carboxylic acids is 1. The van der Waals surface area contributed by atoms with Crippen molar-refractivity contribution in [2.75, 3.05) is 37.7 Å². The van der Waals surface area contributed by atoms with Gasteiger partial charge in [-0.25, -0.2) is 0 Å². The van der Waals surface area contributed by atoms with Crippen LogP contribution in [-0.2, 0) is 9.53 Å². The SMILES string of the molecule is CCOC(=O)CN(C/C=C/c1cccc(C(=N)N)c1)c1ccc(OC2CCN(C(C)=N)CC2)cc1.Cl.Cl.Cl. The summed E-state index contributed by atoms with van der Waals surface area (Å²) in [7, 11) is 0. The Morgan fingerprint density at radius 3 is 2.34 bits per heavy atom. The second kappa shape index (κ2) is 17.5. The highest BCUT2D eigenvalue weighted by molar-refractivity contribution is 5.95. The van der Waals surface area contributed by atoms with Crippen LogP contribution in [0.4, 0.5) is 5.69 Å². The molecule has 1 fully saturated rings. The summed E-state index contributed by atoms with van der Waals surface area (Å²) in [4.78, 5) is 16.2. The number of nitrogens with zero attached hydrogens (tertiary/aromatic N) is 2. The van der Waals surface area contributed by atoms with Crippen LogP contribution in [0.3, 0.4) is 0 Å². The molecule has 210 valence electrons. The predicted octanol–water partition coefficient (Wildman–Crippen LogP) is 5.16. The minimum absolute atomic E-state index is 0. The Morgan fingerprint density at radius 2 is 1.76 bits per heavy atom. The van der Waals surface area contributed by atoms with Crippen LogP contribution >= 0.6 is 37.2 Å². The van der Waals surface area contributed by atoms with Crippen molar-refractivity contribution in [2.24, 2.45) is 5.73 Å². The van der Waals surface area contributed by atoms with Crippen molar-refractivity contribution in [1.82, 2.24) is 4.90 Å². The van der Waals surface area contributed by atoms with Crippen molar-refractivity contribution < 1.29 is 14.3 Å². The van der Waals surface area contributed by atoms with Crippen LogP contribution in [-0.4, -0.2) is 61.4 Å². The standard InChI is InChI=1S/C27H35N5O3.3ClH/c1-3-34-26(33)19-32(15-5-7-21-6-4-8-22(18-21)27(29)30)23-9-11-24(12-10-23)35-25-13-16-31(17-14-25)20(2)28;;;/h4-12,18,25,28H,3,13-17,19H2,1-2H3,(H3,29,30);3*1H/b7-5+,28-20?;;;. The topological polar surface area (TPSA) is 116 Å². The maximum atomic E-state index is 12.2. The molecule has 0 aromatic heterocycles. The molecule has 0 saturated carbocycles. The first-order valence-electron chi connectivity index (χ1n) is 11.9. The second-order valence-electron chi connectivity index (χ2n) is 8.51. The summed E-state index contributed by atoms with van der Waals surface area (Å²) in [6.07, 6.45) is 5.85. The number of halogens is 3. The van der Waals surface area contributed by atoms with Crippen LogP contribution in [0.15, 0.2) is 54.6 Å². The average molecular weight is 587 g/mol. The zero-order valence-electron chi connectivity index (χ0n) is 21.7. The predicted molar refractivity (Wildman–Crippen MR) is 162 cm³/mol. The lowest BCUT2D eigenvalue weighted by molar-refractivity contribution is -0.141. The van der Waals surface area contributed by atoms with Gasteiger partial charge in [-0.2, -0.15) is 0 Å². The van der Waals surface area contributed by atoms with Crippen LogP contribution in [0.5, 0.6) is 5.75 Å². The summed E-state index contributed by atoms with van der Waals surface area (Å²) < 4.78 is 11.3. The summed E-state index contributed by atoms with van der Waals surface area (Å²) in [5, 5.41) is 15.4. The van der Waals surface area contributed by atoms with E-state index >= 15 is 0 Å². The first-order chi connectivity index (χ1) is 16.9. The molecule has 0 bridgehead atoms. The quantitative estimate of drug-likeness (QED) is 0.201. The van der Waals surface area contributed by atoms with E-state index in [0.29, 0.717) is 24.6 Å². The molecule has 0 spiro atoms. The van der Waals surface area contributed by atoms with Crippen molar-refractivity contribution >= 4 is 66.6 Å². The lowest BCUT2D eigenvalue weighted by Gasteiger charge is -2.32. The molecule has 1 saturated heterocycles. The van der Waals surface area contributed by atoms with E-state index in [1.807, 2.05) is 66.4 Å². The Kier molecular flexibility index (Phi) is 16.2. The zero-order valence-corrected chi connectivity index (χ0v) is 24.2. The van der Waals surface area contributed by atoms with E-state index in [9.17, 15) is 4.79 Å². The average Bonchev–Trinajstić information content (AvgIpc) is 2.84. The highest BCUT2D eigenvalue weighted by Crippen LogP contribution is 2.23. The molecule has 0 unspecified atom stereocenters. The van der Waals surface area contributed by atoms with Gasteiger partial charge in [-0.3, -0.25) is 15.6 Å². The maximum Gasteiger partial charge on any atom is 0.325 e. The van der Waals surface area contributed by atoms with Crippen molar-refractivity contribution in [3.63, 3.8) is 0 Å². The number of anilines is 1. The number of benzene rings is 2. The number of piperidine rings is 1. The van der Waals surface area contributed by atoms with Crippen molar-refractivity contribution in [2.45, 2.75) is 32.8 Å². The minimum atomic E-state index is -0.284. The molecule has 0 atom stereocenters. The number of nitrogens with one attached hydrogen (secondary N) is 2. The Balaban J connectivity index is 0.00000456. The molecule has 3 rings (SSSR count). The number of hydrogen-bond acceptors (Lipinski definition) is 6. The van der Waals surface area contributed by atoms with E-state index in [2.05, 4.69) is 4.90 Å². The van der Waals surface area contributed by atoms with Crippen molar-refractivity contribution in [1.29, 1.82) is 10.8 Å². The van der Waals surface area contributed by atoms with Gasteiger partial charge in [0.05, 0.1) is 12.4 Å². The van der Waals surface area contributed by atoms with E-state index in [1.54, 1.807) is 13.0 Å². The molecule has 8 nitrogen and oxygen atoms in total. The summed E-state index contributed by atoms with van der Waals surface area (Å²) in [5.74, 6) is 1.15. The van der Waals surface area contributed by atoms with Crippen LogP contribution in [0.25, 0.3) is 6.08 Å². The first-order valence-corrected chi connectivity index (χ1v) is 11.9. The molecule has 1 aliphatic heterocycles. The number of amidine groups is 2. The smallest absolute Gasteiger partial charge is 0.325 e. The van der Waals surface area contributed by atoms with Gasteiger partial charge in [0.25, 0.3) is 0 Å². The fourth-order valence-corrected chi connectivity index (χ4v) is 3.99. The molecule has 0 aliphatic carbocycles. The first kappa shape index (κ1) is 35.1. The minimum Gasteiger partial charge on any atom is -0.490 e. The molecule has 2 aromatic carbocycles. The zero-order chi connectivity index (χ0) is 25.2. The number of carbonyl (C=O) groups is 1. The third kappa shape index (κ3) is 10.8. The fourth-order valence-electron chi connectivity index (χ4n) is 3.99. The van der Waals surface area contributed by atoms with Gasteiger partial charge >= 0.3 is 5.97 Å². The maximum absolute atomic E-state index is 12.2. The van der Waals surface area contributed by atoms with E-state index < -0.39 is 0 Å². The third-order valence-electron chi connectivity index (χ3n) is 5.88. The van der Waals surface area contributed by atoms with Crippen molar-refractivity contribution in [3.8, 4) is 5.75 Å². The largest absolute Gasteiger partial charge is 0.490 e. The van der Waals surface area contributed by atoms with Crippen LogP contribution < -0.4 is 15.4 Å². The van der Waals surface area contributed by atoms with E-state index in [1.165, 1.54) is 0 Å². The Hall–Kier alpha value is -2.94. The lowest BCUT2D eigenvalue weighted by atomic mass is 10.1.